The molecule has 15 heavy (non-hydrogen) atoms. The fourth-order valence-corrected chi connectivity index (χ4v) is 0.989. The third-order valence-electron chi connectivity index (χ3n) is 2.34. The number of rotatable bonds is 7. The van der Waals surface area contributed by atoms with Crippen molar-refractivity contribution >= 4 is 5.91 Å². The van der Waals surface area contributed by atoms with Gasteiger partial charge in [-0.1, -0.05) is 13.8 Å². The number of hydrogen-bond donors (Lipinski definition) is 2. The maximum atomic E-state index is 11.3. The standard InChI is InChI=1S/C11H25N3O/c1-9(2)13-8-11(15)12-6-7-14(5)10(3)4/h9-10,13H,6-8H2,1-5H3,(H,12,15). The zero-order valence-electron chi connectivity index (χ0n) is 10.6. The van der Waals surface area contributed by atoms with E-state index in [1.165, 1.54) is 0 Å². The van der Waals surface area contributed by atoms with E-state index < -0.39 is 0 Å². The van der Waals surface area contributed by atoms with E-state index in [0.717, 1.165) is 6.54 Å². The van der Waals surface area contributed by atoms with E-state index in [-0.39, 0.29) is 5.91 Å². The zero-order valence-corrected chi connectivity index (χ0v) is 10.6. The summed E-state index contributed by atoms with van der Waals surface area (Å²) in [7, 11) is 2.06. The minimum Gasteiger partial charge on any atom is -0.354 e. The number of carbonyl (C=O) groups is 1. The molecule has 0 aromatic heterocycles. The molecule has 0 unspecified atom stereocenters. The first-order valence-electron chi connectivity index (χ1n) is 5.63. The first-order chi connectivity index (χ1) is 6.93. The lowest BCUT2D eigenvalue weighted by Crippen LogP contribution is -2.41. The number of nitrogens with zero attached hydrogens (tertiary/aromatic N) is 1. The SMILES string of the molecule is CC(C)NCC(=O)NCCN(C)C(C)C. The Morgan fingerprint density at radius 3 is 2.33 bits per heavy atom. The Morgan fingerprint density at radius 1 is 1.27 bits per heavy atom. The molecule has 0 aliphatic carbocycles. The highest BCUT2D eigenvalue weighted by atomic mass is 16.1. The fraction of sp³-hybridized carbons (Fsp3) is 0.909. The molecular weight excluding hydrogens is 190 g/mol. The highest BCUT2D eigenvalue weighted by Gasteiger charge is 2.04. The van der Waals surface area contributed by atoms with E-state index in [9.17, 15) is 4.79 Å². The van der Waals surface area contributed by atoms with Gasteiger partial charge in [0.2, 0.25) is 5.91 Å². The zero-order chi connectivity index (χ0) is 11.8. The van der Waals surface area contributed by atoms with Crippen molar-refractivity contribution in [2.24, 2.45) is 0 Å². The van der Waals surface area contributed by atoms with Crippen LogP contribution in [-0.4, -0.2) is 49.6 Å². The summed E-state index contributed by atoms with van der Waals surface area (Å²) in [6, 6.07) is 0.879. The van der Waals surface area contributed by atoms with Crippen molar-refractivity contribution in [1.29, 1.82) is 0 Å². The smallest absolute Gasteiger partial charge is 0.234 e. The van der Waals surface area contributed by atoms with Crippen LogP contribution >= 0.6 is 0 Å². The van der Waals surface area contributed by atoms with E-state index in [1.807, 2.05) is 13.8 Å². The average molecular weight is 215 g/mol. The largest absolute Gasteiger partial charge is 0.354 e. The second kappa shape index (κ2) is 7.65. The number of nitrogens with one attached hydrogen (secondary N) is 2. The first-order valence-corrected chi connectivity index (χ1v) is 5.63. The summed E-state index contributed by atoms with van der Waals surface area (Å²) in [4.78, 5) is 13.5. The van der Waals surface area contributed by atoms with Crippen molar-refractivity contribution in [2.75, 3.05) is 26.7 Å². The summed E-state index contributed by atoms with van der Waals surface area (Å²) in [6.07, 6.45) is 0. The molecule has 0 aromatic rings. The molecule has 0 saturated heterocycles. The molecule has 0 radical (unpaired) electrons. The van der Waals surface area contributed by atoms with Crippen LogP contribution in [0.5, 0.6) is 0 Å². The van der Waals surface area contributed by atoms with Gasteiger partial charge < -0.3 is 15.5 Å². The van der Waals surface area contributed by atoms with Gasteiger partial charge in [-0.15, -0.1) is 0 Å². The number of carbonyl (C=O) groups excluding carboxylic acids is 1. The van der Waals surface area contributed by atoms with Crippen LogP contribution in [0.4, 0.5) is 0 Å². The lowest BCUT2D eigenvalue weighted by atomic mass is 10.3. The van der Waals surface area contributed by atoms with Crippen molar-refractivity contribution in [1.82, 2.24) is 15.5 Å². The third kappa shape index (κ3) is 8.39. The average Bonchev–Trinajstić information content (AvgIpc) is 2.14. The first kappa shape index (κ1) is 14.4. The monoisotopic (exact) mass is 215 g/mol. The minimum atomic E-state index is 0.0702. The van der Waals surface area contributed by atoms with Crippen molar-refractivity contribution in [3.8, 4) is 0 Å². The van der Waals surface area contributed by atoms with Crippen LogP contribution < -0.4 is 10.6 Å². The molecule has 0 rings (SSSR count). The molecule has 0 aliphatic heterocycles. The summed E-state index contributed by atoms with van der Waals surface area (Å²) in [5, 5.41) is 5.96. The molecule has 0 heterocycles. The van der Waals surface area contributed by atoms with Crippen LogP contribution in [0.1, 0.15) is 27.7 Å². The molecule has 0 aromatic carbocycles. The van der Waals surface area contributed by atoms with Crippen LogP contribution in [0.15, 0.2) is 0 Å². The molecule has 0 atom stereocenters. The Bertz CT molecular complexity index is 181. The quantitative estimate of drug-likeness (QED) is 0.648. The fourth-order valence-electron chi connectivity index (χ4n) is 0.989. The molecule has 0 saturated carbocycles. The minimum absolute atomic E-state index is 0.0702. The normalized spacial score (nSPS) is 11.5. The van der Waals surface area contributed by atoms with Gasteiger partial charge in [-0.3, -0.25) is 4.79 Å². The lowest BCUT2D eigenvalue weighted by molar-refractivity contribution is -0.120. The van der Waals surface area contributed by atoms with Gasteiger partial charge in [0, 0.05) is 25.2 Å². The van der Waals surface area contributed by atoms with Gasteiger partial charge in [0.1, 0.15) is 0 Å². The van der Waals surface area contributed by atoms with Crippen molar-refractivity contribution < 1.29 is 4.79 Å². The van der Waals surface area contributed by atoms with Crippen molar-refractivity contribution in [2.45, 2.75) is 39.8 Å². The van der Waals surface area contributed by atoms with Gasteiger partial charge in [0.15, 0.2) is 0 Å². The molecular formula is C11H25N3O. The number of likely N-dealkylation sites (N-methyl/N-ethyl adjacent to an activating group) is 1. The van der Waals surface area contributed by atoms with Gasteiger partial charge in [-0.25, -0.2) is 0 Å². The van der Waals surface area contributed by atoms with Crippen molar-refractivity contribution in [3.05, 3.63) is 0 Å². The van der Waals surface area contributed by atoms with Gasteiger partial charge in [-0.05, 0) is 20.9 Å². The van der Waals surface area contributed by atoms with Crippen LogP contribution in [0.25, 0.3) is 0 Å². The molecule has 90 valence electrons. The maximum absolute atomic E-state index is 11.3. The Balaban J connectivity index is 3.47. The van der Waals surface area contributed by atoms with E-state index in [0.29, 0.717) is 25.2 Å². The van der Waals surface area contributed by atoms with E-state index in [2.05, 4.69) is 36.4 Å². The second-order valence-electron chi connectivity index (χ2n) is 4.46. The highest BCUT2D eigenvalue weighted by Crippen LogP contribution is 1.90. The van der Waals surface area contributed by atoms with Crippen molar-refractivity contribution in [3.63, 3.8) is 0 Å². The van der Waals surface area contributed by atoms with E-state index >= 15 is 0 Å². The van der Waals surface area contributed by atoms with E-state index in [4.69, 9.17) is 0 Å². The molecule has 0 fully saturated rings. The molecule has 4 nitrogen and oxygen atoms in total. The summed E-state index contributed by atoms with van der Waals surface area (Å²) in [6.45, 7) is 10.4. The van der Waals surface area contributed by atoms with Gasteiger partial charge in [-0.2, -0.15) is 0 Å². The second-order valence-corrected chi connectivity index (χ2v) is 4.46. The van der Waals surface area contributed by atoms with Crippen LogP contribution in [0.2, 0.25) is 0 Å². The Labute approximate surface area is 93.4 Å². The van der Waals surface area contributed by atoms with Crippen LogP contribution in [-0.2, 0) is 4.79 Å². The third-order valence-corrected chi connectivity index (χ3v) is 2.34. The summed E-state index contributed by atoms with van der Waals surface area (Å²) in [5.41, 5.74) is 0. The predicted octanol–water partition coefficient (Wildman–Crippen LogP) is 0.441. The highest BCUT2D eigenvalue weighted by molar-refractivity contribution is 5.77. The van der Waals surface area contributed by atoms with Crippen LogP contribution in [0, 0.1) is 0 Å². The molecule has 0 aliphatic rings. The van der Waals surface area contributed by atoms with Gasteiger partial charge >= 0.3 is 0 Å². The number of amides is 1. The number of hydrogen-bond acceptors (Lipinski definition) is 3. The molecule has 2 N–H and O–H groups in total. The summed E-state index contributed by atoms with van der Waals surface area (Å²) in [5.74, 6) is 0.0702. The predicted molar refractivity (Wildman–Crippen MR) is 63.9 cm³/mol. The van der Waals surface area contributed by atoms with Gasteiger partial charge in [0.25, 0.3) is 0 Å². The Kier molecular flexibility index (Phi) is 7.34. The van der Waals surface area contributed by atoms with E-state index in [1.54, 1.807) is 0 Å². The maximum Gasteiger partial charge on any atom is 0.234 e. The Morgan fingerprint density at radius 2 is 1.87 bits per heavy atom. The lowest BCUT2D eigenvalue weighted by Gasteiger charge is -2.21. The van der Waals surface area contributed by atoms with Crippen LogP contribution in [0.3, 0.4) is 0 Å². The molecule has 4 heteroatoms. The van der Waals surface area contributed by atoms with Gasteiger partial charge in [0.05, 0.1) is 6.54 Å². The Hall–Kier alpha value is -0.610. The summed E-state index contributed by atoms with van der Waals surface area (Å²) >= 11 is 0. The summed E-state index contributed by atoms with van der Waals surface area (Å²) < 4.78 is 0. The molecule has 1 amide bonds. The molecule has 0 spiro atoms. The topological polar surface area (TPSA) is 44.4 Å². The molecule has 0 bridgehead atoms.